The molecule has 2 unspecified atom stereocenters. The van der Waals surface area contributed by atoms with Crippen LogP contribution >= 0.6 is 31.9 Å². The maximum atomic E-state index is 14.0. The van der Waals surface area contributed by atoms with Crippen LogP contribution in [-0.4, -0.2) is 23.2 Å². The standard InChI is InChI=1S/C28H23Br2FN2O2/c29-21-12-8-18(9-13-21)16-20-4-3-5-23-27(20)32-33(28(23)19-10-14-22(30)15-11-19)26(34)17-35-25-7-2-1-6-24(25)31/h1-2,6-16,23,28H,3-5,17H2/b20-16-. The number of nitrogens with zero attached hydrogens (tertiary/aromatic N) is 2. The Labute approximate surface area is 220 Å². The lowest BCUT2D eigenvalue weighted by molar-refractivity contribution is -0.135. The minimum absolute atomic E-state index is 0.0566. The summed E-state index contributed by atoms with van der Waals surface area (Å²) in [6.07, 6.45) is 5.04. The van der Waals surface area contributed by atoms with Gasteiger partial charge in [0.15, 0.2) is 18.2 Å². The summed E-state index contributed by atoms with van der Waals surface area (Å²) in [5.74, 6) is -0.651. The van der Waals surface area contributed by atoms with E-state index >= 15 is 0 Å². The van der Waals surface area contributed by atoms with E-state index in [1.54, 1.807) is 17.1 Å². The molecule has 0 saturated heterocycles. The van der Waals surface area contributed by atoms with Gasteiger partial charge in [-0.05, 0) is 78.4 Å². The Morgan fingerprint density at radius 3 is 2.43 bits per heavy atom. The van der Waals surface area contributed by atoms with E-state index in [2.05, 4.69) is 50.1 Å². The van der Waals surface area contributed by atoms with E-state index in [0.29, 0.717) is 0 Å². The van der Waals surface area contributed by atoms with Crippen LogP contribution < -0.4 is 4.74 Å². The number of allylic oxidation sites excluding steroid dienone is 1. The SMILES string of the molecule is O=C(COc1ccccc1F)N1N=C2/C(=C\c3ccc(Br)cc3)CCCC2C1c1ccc(Br)cc1. The highest BCUT2D eigenvalue weighted by molar-refractivity contribution is 9.10. The lowest BCUT2D eigenvalue weighted by Gasteiger charge is -2.29. The van der Waals surface area contributed by atoms with Gasteiger partial charge in [0.25, 0.3) is 5.91 Å². The number of hydrogen-bond acceptors (Lipinski definition) is 3. The molecule has 1 aliphatic heterocycles. The predicted molar refractivity (Wildman–Crippen MR) is 143 cm³/mol. The number of para-hydroxylation sites is 1. The number of fused-ring (bicyclic) bond motifs is 1. The number of amides is 1. The van der Waals surface area contributed by atoms with Gasteiger partial charge in [0, 0.05) is 14.9 Å². The Hall–Kier alpha value is -2.77. The highest BCUT2D eigenvalue weighted by Crippen LogP contribution is 2.44. The fourth-order valence-electron chi connectivity index (χ4n) is 4.73. The molecule has 35 heavy (non-hydrogen) atoms. The van der Waals surface area contributed by atoms with E-state index in [-0.39, 0.29) is 30.2 Å². The highest BCUT2D eigenvalue weighted by atomic mass is 79.9. The lowest BCUT2D eigenvalue weighted by Crippen LogP contribution is -2.34. The van der Waals surface area contributed by atoms with Crippen LogP contribution in [0, 0.1) is 11.7 Å². The molecule has 0 bridgehead atoms. The van der Waals surface area contributed by atoms with Crippen molar-refractivity contribution >= 4 is 49.6 Å². The number of ether oxygens (including phenoxy) is 1. The number of halogens is 3. The van der Waals surface area contributed by atoms with E-state index < -0.39 is 5.82 Å². The molecular weight excluding hydrogens is 575 g/mol. The number of carbonyl (C=O) groups excluding carboxylic acids is 1. The van der Waals surface area contributed by atoms with Crippen LogP contribution in [0.1, 0.15) is 36.4 Å². The first-order chi connectivity index (χ1) is 17.0. The van der Waals surface area contributed by atoms with Crippen molar-refractivity contribution in [3.8, 4) is 5.75 Å². The molecule has 3 aromatic carbocycles. The third-order valence-electron chi connectivity index (χ3n) is 6.37. The van der Waals surface area contributed by atoms with Crippen molar-refractivity contribution in [1.29, 1.82) is 0 Å². The molecule has 1 heterocycles. The second-order valence-corrected chi connectivity index (χ2v) is 10.5. The summed E-state index contributed by atoms with van der Waals surface area (Å²) in [7, 11) is 0. The summed E-state index contributed by atoms with van der Waals surface area (Å²) in [6.45, 7) is -0.288. The van der Waals surface area contributed by atoms with Crippen LogP contribution in [0.5, 0.6) is 5.75 Å². The van der Waals surface area contributed by atoms with E-state index in [1.807, 2.05) is 36.4 Å². The largest absolute Gasteiger partial charge is 0.481 e. The van der Waals surface area contributed by atoms with Crippen molar-refractivity contribution in [2.75, 3.05) is 6.61 Å². The monoisotopic (exact) mass is 596 g/mol. The second kappa shape index (κ2) is 10.5. The van der Waals surface area contributed by atoms with Crippen LogP contribution in [0.3, 0.4) is 0 Å². The average molecular weight is 598 g/mol. The Bertz CT molecular complexity index is 1290. The number of hydrogen-bond donors (Lipinski definition) is 0. The zero-order valence-electron chi connectivity index (χ0n) is 18.8. The molecular formula is C28H23Br2FN2O2. The number of hydrazone groups is 1. The quantitative estimate of drug-likeness (QED) is 0.305. The summed E-state index contributed by atoms with van der Waals surface area (Å²) in [6, 6.07) is 22.0. The molecule has 0 aromatic heterocycles. The van der Waals surface area contributed by atoms with Crippen molar-refractivity contribution in [2.24, 2.45) is 11.0 Å². The second-order valence-electron chi connectivity index (χ2n) is 8.66. The first kappa shape index (κ1) is 23.9. The summed E-state index contributed by atoms with van der Waals surface area (Å²) in [5.41, 5.74) is 4.21. The van der Waals surface area contributed by atoms with Crippen LogP contribution in [0.2, 0.25) is 0 Å². The van der Waals surface area contributed by atoms with Gasteiger partial charge in [-0.3, -0.25) is 4.79 Å². The van der Waals surface area contributed by atoms with Gasteiger partial charge in [-0.1, -0.05) is 68.3 Å². The zero-order valence-corrected chi connectivity index (χ0v) is 22.0. The molecule has 7 heteroatoms. The molecule has 0 radical (unpaired) electrons. The minimum Gasteiger partial charge on any atom is -0.481 e. The summed E-state index contributed by atoms with van der Waals surface area (Å²) >= 11 is 6.99. The average Bonchev–Trinajstić information content (AvgIpc) is 3.26. The number of rotatable bonds is 5. The van der Waals surface area contributed by atoms with E-state index in [4.69, 9.17) is 9.84 Å². The molecule has 2 aliphatic rings. The van der Waals surface area contributed by atoms with E-state index in [0.717, 1.165) is 50.6 Å². The molecule has 2 atom stereocenters. The Kier molecular flexibility index (Phi) is 7.16. The third kappa shape index (κ3) is 5.26. The van der Waals surface area contributed by atoms with Gasteiger partial charge in [0.2, 0.25) is 0 Å². The summed E-state index contributed by atoms with van der Waals surface area (Å²) in [5, 5.41) is 6.40. The highest BCUT2D eigenvalue weighted by Gasteiger charge is 2.43. The van der Waals surface area contributed by atoms with Crippen molar-refractivity contribution in [3.05, 3.63) is 104 Å². The molecule has 0 N–H and O–H groups in total. The Morgan fingerprint density at radius 1 is 1.03 bits per heavy atom. The molecule has 1 amide bonds. The van der Waals surface area contributed by atoms with Crippen molar-refractivity contribution in [2.45, 2.75) is 25.3 Å². The van der Waals surface area contributed by atoms with Gasteiger partial charge in [0.1, 0.15) is 0 Å². The van der Waals surface area contributed by atoms with Crippen LogP contribution in [0.15, 0.2) is 92.4 Å². The molecule has 1 aliphatic carbocycles. The molecule has 4 nitrogen and oxygen atoms in total. The maximum absolute atomic E-state index is 14.0. The Balaban J connectivity index is 1.47. The molecule has 0 spiro atoms. The first-order valence-electron chi connectivity index (χ1n) is 11.5. The van der Waals surface area contributed by atoms with Crippen molar-refractivity contribution in [1.82, 2.24) is 5.01 Å². The summed E-state index contributed by atoms with van der Waals surface area (Å²) < 4.78 is 21.6. The van der Waals surface area contributed by atoms with E-state index in [1.165, 1.54) is 12.1 Å². The predicted octanol–water partition coefficient (Wildman–Crippen LogP) is 7.55. The fourth-order valence-corrected chi connectivity index (χ4v) is 5.26. The topological polar surface area (TPSA) is 41.9 Å². The minimum atomic E-state index is -0.495. The third-order valence-corrected chi connectivity index (χ3v) is 7.42. The van der Waals surface area contributed by atoms with Gasteiger partial charge >= 0.3 is 0 Å². The molecule has 5 rings (SSSR count). The van der Waals surface area contributed by atoms with E-state index in [9.17, 15) is 9.18 Å². The van der Waals surface area contributed by atoms with Gasteiger partial charge < -0.3 is 4.74 Å². The Morgan fingerprint density at radius 2 is 1.71 bits per heavy atom. The molecule has 178 valence electrons. The van der Waals surface area contributed by atoms with Crippen LogP contribution in [0.25, 0.3) is 6.08 Å². The van der Waals surface area contributed by atoms with Gasteiger partial charge in [0.05, 0.1) is 11.8 Å². The van der Waals surface area contributed by atoms with Crippen LogP contribution in [0.4, 0.5) is 4.39 Å². The molecule has 1 fully saturated rings. The normalized spacial score (nSPS) is 20.5. The lowest BCUT2D eigenvalue weighted by atomic mass is 9.77. The first-order valence-corrected chi connectivity index (χ1v) is 13.1. The van der Waals surface area contributed by atoms with Crippen LogP contribution in [-0.2, 0) is 4.79 Å². The van der Waals surface area contributed by atoms with Gasteiger partial charge in [-0.25, -0.2) is 9.40 Å². The molecule has 1 saturated carbocycles. The molecule has 3 aromatic rings. The van der Waals surface area contributed by atoms with Crippen molar-refractivity contribution < 1.29 is 13.9 Å². The van der Waals surface area contributed by atoms with Crippen molar-refractivity contribution in [3.63, 3.8) is 0 Å². The zero-order chi connectivity index (χ0) is 24.4. The smallest absolute Gasteiger partial charge is 0.281 e. The fraction of sp³-hybridized carbons (Fsp3) is 0.214. The maximum Gasteiger partial charge on any atom is 0.281 e. The summed E-state index contributed by atoms with van der Waals surface area (Å²) in [4.78, 5) is 13.4. The van der Waals surface area contributed by atoms with Gasteiger partial charge in [-0.2, -0.15) is 5.10 Å². The number of carbonyl (C=O) groups is 1. The number of benzene rings is 3. The van der Waals surface area contributed by atoms with Gasteiger partial charge in [-0.15, -0.1) is 0 Å².